The molecule has 1 aromatic rings. The first kappa shape index (κ1) is 11.7. The van der Waals surface area contributed by atoms with Crippen LogP contribution in [0.4, 0.5) is 0 Å². The van der Waals surface area contributed by atoms with E-state index in [1.165, 1.54) is 6.33 Å². The van der Waals surface area contributed by atoms with Crippen molar-refractivity contribution in [1.29, 1.82) is 0 Å². The van der Waals surface area contributed by atoms with Crippen LogP contribution in [0.5, 0.6) is 0 Å². The molecule has 0 fully saturated rings. The van der Waals surface area contributed by atoms with E-state index in [-0.39, 0.29) is 11.7 Å². The van der Waals surface area contributed by atoms with Crippen molar-refractivity contribution in [3.63, 3.8) is 0 Å². The lowest BCUT2D eigenvalue weighted by molar-refractivity contribution is -0.116. The van der Waals surface area contributed by atoms with Gasteiger partial charge in [-0.1, -0.05) is 12.2 Å². The number of hydrogen-bond donors (Lipinski definition) is 0. The van der Waals surface area contributed by atoms with E-state index in [1.54, 1.807) is 6.20 Å². The lowest BCUT2D eigenvalue weighted by Gasteiger charge is -2.25. The Morgan fingerprint density at radius 3 is 2.82 bits per heavy atom. The van der Waals surface area contributed by atoms with Crippen molar-refractivity contribution in [1.82, 2.24) is 9.97 Å². The van der Waals surface area contributed by atoms with Gasteiger partial charge >= 0.3 is 0 Å². The second-order valence-corrected chi connectivity index (χ2v) is 4.57. The fourth-order valence-electron chi connectivity index (χ4n) is 2.13. The van der Waals surface area contributed by atoms with Gasteiger partial charge < -0.3 is 0 Å². The molecular weight excluding hydrogens is 212 g/mol. The Labute approximate surface area is 101 Å². The van der Waals surface area contributed by atoms with Gasteiger partial charge in [-0.25, -0.2) is 9.97 Å². The van der Waals surface area contributed by atoms with Crippen molar-refractivity contribution in [3.8, 4) is 0 Å². The van der Waals surface area contributed by atoms with Crippen molar-refractivity contribution >= 4 is 11.4 Å². The first-order chi connectivity index (χ1) is 8.09. The van der Waals surface area contributed by atoms with Crippen LogP contribution in [-0.4, -0.2) is 15.8 Å². The molecule has 0 saturated heterocycles. The van der Waals surface area contributed by atoms with Gasteiger partial charge in [0.1, 0.15) is 6.33 Å². The fourth-order valence-corrected chi connectivity index (χ4v) is 2.13. The monoisotopic (exact) mass is 228 g/mol. The topological polar surface area (TPSA) is 42.9 Å². The van der Waals surface area contributed by atoms with Crippen molar-refractivity contribution in [2.75, 3.05) is 0 Å². The molecule has 3 nitrogen and oxygen atoms in total. The quantitative estimate of drug-likeness (QED) is 0.731. The number of hydrogen-bond acceptors (Lipinski definition) is 3. The van der Waals surface area contributed by atoms with Gasteiger partial charge in [-0.2, -0.15) is 0 Å². The predicted octanol–water partition coefficient (Wildman–Crippen LogP) is 2.81. The maximum atomic E-state index is 12.0. The van der Waals surface area contributed by atoms with Crippen LogP contribution in [0.15, 0.2) is 36.3 Å². The lowest BCUT2D eigenvalue weighted by Crippen LogP contribution is -2.18. The second-order valence-electron chi connectivity index (χ2n) is 4.57. The smallest absolute Gasteiger partial charge is 0.159 e. The van der Waals surface area contributed by atoms with E-state index in [2.05, 4.69) is 16.5 Å². The highest BCUT2D eigenvalue weighted by Crippen LogP contribution is 2.35. The number of carbonyl (C=O) groups excluding carboxylic acids is 1. The number of rotatable bonds is 2. The number of carbonyl (C=O) groups is 1. The Hall–Kier alpha value is -1.77. The molecule has 1 aromatic heterocycles. The molecule has 17 heavy (non-hydrogen) atoms. The van der Waals surface area contributed by atoms with Crippen LogP contribution >= 0.6 is 0 Å². The number of nitrogens with zero attached hydrogens (tertiary/aromatic N) is 2. The summed E-state index contributed by atoms with van der Waals surface area (Å²) in [6, 6.07) is 1.85. The van der Waals surface area contributed by atoms with Crippen molar-refractivity contribution in [2.24, 2.45) is 5.92 Å². The number of Topliss-reactive ketones (excluding diaryl/α,β-unsaturated/α-hetero) is 1. The maximum Gasteiger partial charge on any atom is 0.159 e. The summed E-state index contributed by atoms with van der Waals surface area (Å²) < 4.78 is 0. The summed E-state index contributed by atoms with van der Waals surface area (Å²) in [5, 5.41) is 0. The average Bonchev–Trinajstić information content (AvgIpc) is 2.33. The van der Waals surface area contributed by atoms with Gasteiger partial charge in [-0.05, 0) is 43.4 Å². The number of allylic oxidation sites excluding steroid dienone is 3. The summed E-state index contributed by atoms with van der Waals surface area (Å²) in [5.41, 5.74) is 3.80. The molecule has 1 aliphatic rings. The van der Waals surface area contributed by atoms with Gasteiger partial charge in [-0.15, -0.1) is 0 Å². The number of ketones is 1. The van der Waals surface area contributed by atoms with E-state index in [9.17, 15) is 4.79 Å². The minimum Gasteiger partial charge on any atom is -0.295 e. The summed E-state index contributed by atoms with van der Waals surface area (Å²) in [7, 11) is 0. The highest BCUT2D eigenvalue weighted by atomic mass is 16.1. The molecule has 2 rings (SSSR count). The molecule has 0 amide bonds. The molecule has 0 bridgehead atoms. The summed E-state index contributed by atoms with van der Waals surface area (Å²) in [6.07, 6.45) is 4.65. The van der Waals surface area contributed by atoms with Crippen molar-refractivity contribution < 1.29 is 4.79 Å². The van der Waals surface area contributed by atoms with Crippen molar-refractivity contribution in [2.45, 2.75) is 26.7 Å². The average molecular weight is 228 g/mol. The SMILES string of the molecule is C=C(C)C1CC(=O)C(C)=C(c2ccncn2)C1. The zero-order valence-corrected chi connectivity index (χ0v) is 10.2. The third-order valence-corrected chi connectivity index (χ3v) is 3.34. The molecule has 1 atom stereocenters. The molecule has 1 unspecified atom stereocenters. The molecule has 1 heterocycles. The van der Waals surface area contributed by atoms with E-state index in [4.69, 9.17) is 0 Å². The normalized spacial score (nSPS) is 20.6. The largest absolute Gasteiger partial charge is 0.295 e. The second kappa shape index (κ2) is 4.62. The van der Waals surface area contributed by atoms with Gasteiger partial charge in [0.05, 0.1) is 5.69 Å². The minimum absolute atomic E-state index is 0.206. The molecule has 0 aliphatic heterocycles. The Morgan fingerprint density at radius 2 is 2.24 bits per heavy atom. The Kier molecular flexibility index (Phi) is 3.18. The van der Waals surface area contributed by atoms with Crippen LogP contribution in [0.25, 0.3) is 5.57 Å². The lowest BCUT2D eigenvalue weighted by atomic mass is 9.79. The highest BCUT2D eigenvalue weighted by molar-refractivity contribution is 6.03. The molecule has 3 heteroatoms. The maximum absolute atomic E-state index is 12.0. The third kappa shape index (κ3) is 2.33. The molecular formula is C14H16N2O. The van der Waals surface area contributed by atoms with E-state index in [1.807, 2.05) is 19.9 Å². The van der Waals surface area contributed by atoms with Crippen molar-refractivity contribution in [3.05, 3.63) is 42.0 Å². The molecule has 0 saturated carbocycles. The molecule has 1 aliphatic carbocycles. The van der Waals surface area contributed by atoms with Gasteiger partial charge in [0.25, 0.3) is 0 Å². The van der Waals surface area contributed by atoms with Gasteiger partial charge in [0.15, 0.2) is 5.78 Å². The Bertz CT molecular complexity index is 488. The Morgan fingerprint density at radius 1 is 1.47 bits per heavy atom. The molecule has 0 spiro atoms. The van der Waals surface area contributed by atoms with E-state index in [0.29, 0.717) is 6.42 Å². The van der Waals surface area contributed by atoms with Gasteiger partial charge in [0.2, 0.25) is 0 Å². The van der Waals surface area contributed by atoms with Crippen LogP contribution < -0.4 is 0 Å². The zero-order chi connectivity index (χ0) is 12.4. The summed E-state index contributed by atoms with van der Waals surface area (Å²) in [6.45, 7) is 7.82. The predicted molar refractivity (Wildman–Crippen MR) is 67.2 cm³/mol. The fraction of sp³-hybridized carbons (Fsp3) is 0.357. The first-order valence-corrected chi connectivity index (χ1v) is 5.74. The first-order valence-electron chi connectivity index (χ1n) is 5.74. The van der Waals surface area contributed by atoms with Crippen LogP contribution in [0, 0.1) is 5.92 Å². The van der Waals surface area contributed by atoms with Gasteiger partial charge in [-0.3, -0.25) is 4.79 Å². The summed E-state index contributed by atoms with van der Waals surface area (Å²) in [4.78, 5) is 20.1. The van der Waals surface area contributed by atoms with Crippen LogP contribution in [0.2, 0.25) is 0 Å². The van der Waals surface area contributed by atoms with E-state index in [0.717, 1.165) is 28.8 Å². The highest BCUT2D eigenvalue weighted by Gasteiger charge is 2.26. The molecule has 0 radical (unpaired) electrons. The van der Waals surface area contributed by atoms with Crippen LogP contribution in [0.1, 0.15) is 32.4 Å². The van der Waals surface area contributed by atoms with Crippen LogP contribution in [0.3, 0.4) is 0 Å². The van der Waals surface area contributed by atoms with E-state index < -0.39 is 0 Å². The third-order valence-electron chi connectivity index (χ3n) is 3.34. The van der Waals surface area contributed by atoms with Crippen LogP contribution in [-0.2, 0) is 4.79 Å². The minimum atomic E-state index is 0.206. The summed E-state index contributed by atoms with van der Waals surface area (Å²) in [5.74, 6) is 0.453. The van der Waals surface area contributed by atoms with E-state index >= 15 is 0 Å². The Balaban J connectivity index is 2.40. The molecule has 0 N–H and O–H groups in total. The number of aromatic nitrogens is 2. The summed E-state index contributed by atoms with van der Waals surface area (Å²) >= 11 is 0. The molecule has 88 valence electrons. The zero-order valence-electron chi connectivity index (χ0n) is 10.2. The van der Waals surface area contributed by atoms with Gasteiger partial charge in [0, 0.05) is 12.6 Å². The molecule has 0 aromatic carbocycles. The standard InChI is InChI=1S/C14H16N2O/c1-9(2)11-6-12(10(3)14(17)7-11)13-4-5-15-8-16-13/h4-5,8,11H,1,6-7H2,2-3H3.